The molecule has 0 aliphatic heterocycles. The zero-order chi connectivity index (χ0) is 30.3. The average molecular weight is 595 g/mol. The highest BCUT2D eigenvalue weighted by atomic mass is 32.1. The fourth-order valence-corrected chi connectivity index (χ4v) is 3.30. The lowest BCUT2D eigenvalue weighted by molar-refractivity contribution is -0.142. The maximum Gasteiger partial charge on any atom is 0.327 e. The van der Waals surface area contributed by atoms with Crippen LogP contribution in [0.15, 0.2) is 0 Å². The quantitative estimate of drug-likeness (QED) is 0.0630. The Hall–Kier alpha value is -3.58. The molecular weight excluding hydrogens is 560 g/mol. The second-order valence-corrected chi connectivity index (χ2v) is 8.97. The summed E-state index contributed by atoms with van der Waals surface area (Å²) in [5.74, 6) is -8.40. The van der Waals surface area contributed by atoms with Crippen LogP contribution in [-0.2, 0) is 38.4 Å². The van der Waals surface area contributed by atoms with Crippen LogP contribution in [0.1, 0.15) is 32.1 Å². The minimum atomic E-state index is -1.69. The van der Waals surface area contributed by atoms with Gasteiger partial charge in [-0.15, -0.1) is 0 Å². The summed E-state index contributed by atoms with van der Waals surface area (Å²) in [5.41, 5.74) is 21.0. The summed E-state index contributed by atoms with van der Waals surface area (Å²) in [5, 5.41) is 18.0. The van der Waals surface area contributed by atoms with Gasteiger partial charge < -0.3 is 49.3 Å². The highest BCUT2D eigenvalue weighted by Gasteiger charge is 2.32. The van der Waals surface area contributed by atoms with E-state index in [0.29, 0.717) is 0 Å². The van der Waals surface area contributed by atoms with Gasteiger partial charge in [-0.1, -0.05) is 0 Å². The van der Waals surface area contributed by atoms with E-state index in [2.05, 4.69) is 46.5 Å². The number of amides is 7. The van der Waals surface area contributed by atoms with Crippen molar-refractivity contribution in [3.05, 3.63) is 0 Å². The van der Waals surface area contributed by atoms with Gasteiger partial charge in [0.1, 0.15) is 24.2 Å². The molecule has 0 aromatic carbocycles. The van der Waals surface area contributed by atoms with Crippen LogP contribution in [0.3, 0.4) is 0 Å². The molecule has 0 rings (SSSR count). The number of carboxylic acid groups (broad SMARTS) is 1. The predicted molar refractivity (Wildman–Crippen MR) is 142 cm³/mol. The number of nitrogens with one attached hydrogen (secondary N) is 4. The van der Waals surface area contributed by atoms with Crippen molar-refractivity contribution >= 4 is 72.6 Å². The lowest BCUT2D eigenvalue weighted by Gasteiger charge is -2.25. The molecule has 0 heterocycles. The van der Waals surface area contributed by atoms with E-state index in [-0.39, 0.29) is 30.8 Å². The van der Waals surface area contributed by atoms with E-state index in [1.807, 2.05) is 0 Å². The maximum atomic E-state index is 13.0. The summed E-state index contributed by atoms with van der Waals surface area (Å²) in [6.07, 6.45) is -2.14. The third kappa shape index (κ3) is 14.2. The van der Waals surface area contributed by atoms with Gasteiger partial charge in [-0.3, -0.25) is 33.6 Å². The van der Waals surface area contributed by atoms with Gasteiger partial charge in [-0.2, -0.15) is 25.3 Å². The molecule has 0 aliphatic carbocycles. The first kappa shape index (κ1) is 35.4. The number of carbonyl (C=O) groups is 8. The normalized spacial score (nSPS) is 14.4. The summed E-state index contributed by atoms with van der Waals surface area (Å²) in [4.78, 5) is 96.0. The molecule has 7 amide bonds. The summed E-state index contributed by atoms with van der Waals surface area (Å²) in [6, 6.07) is -7.17. The Morgan fingerprint density at radius 1 is 0.590 bits per heavy atom. The zero-order valence-corrected chi connectivity index (χ0v) is 22.5. The molecule has 5 atom stereocenters. The summed E-state index contributed by atoms with van der Waals surface area (Å²) in [6.45, 7) is 0. The zero-order valence-electron chi connectivity index (χ0n) is 20.8. The molecule has 0 bridgehead atoms. The van der Waals surface area contributed by atoms with Crippen LogP contribution in [0, 0.1) is 0 Å². The summed E-state index contributed by atoms with van der Waals surface area (Å²) in [7, 11) is 0. The Balaban J connectivity index is 5.87. The molecule has 13 N–H and O–H groups in total. The molecule has 39 heavy (non-hydrogen) atoms. The van der Waals surface area contributed by atoms with E-state index in [4.69, 9.17) is 28.0 Å². The molecule has 0 radical (unpaired) electrons. The fraction of sp³-hybridized carbons (Fsp3) is 0.600. The lowest BCUT2D eigenvalue weighted by Crippen LogP contribution is -2.59. The molecule has 220 valence electrons. The SMILES string of the molecule is NC(=O)CC[C@H](NC(=O)[C@H](CC(N)=O)NC(=O)[C@H](CCC(N)=O)NC(=O)[C@@H](N)CS)C(=O)N[C@@H](CS)C(=O)O. The van der Waals surface area contributed by atoms with Crippen molar-refractivity contribution in [2.45, 2.75) is 62.3 Å². The highest BCUT2D eigenvalue weighted by molar-refractivity contribution is 7.80. The molecule has 0 aromatic rings. The van der Waals surface area contributed by atoms with Crippen molar-refractivity contribution in [1.29, 1.82) is 0 Å². The van der Waals surface area contributed by atoms with E-state index >= 15 is 0 Å². The Labute approximate surface area is 234 Å². The molecule has 19 heteroatoms. The third-order valence-electron chi connectivity index (χ3n) is 4.99. The Morgan fingerprint density at radius 3 is 1.33 bits per heavy atom. The third-order valence-corrected chi connectivity index (χ3v) is 5.75. The van der Waals surface area contributed by atoms with E-state index in [1.54, 1.807) is 0 Å². The Bertz CT molecular complexity index is 952. The number of aliphatic carboxylic acids is 1. The van der Waals surface area contributed by atoms with Gasteiger partial charge in [0, 0.05) is 24.3 Å². The molecule has 0 fully saturated rings. The first-order valence-electron chi connectivity index (χ1n) is 11.4. The maximum absolute atomic E-state index is 13.0. The topological polar surface area (TPSA) is 309 Å². The van der Waals surface area contributed by atoms with E-state index in [1.165, 1.54) is 0 Å². The van der Waals surface area contributed by atoms with Gasteiger partial charge in [0.05, 0.1) is 12.5 Å². The first-order valence-corrected chi connectivity index (χ1v) is 12.7. The van der Waals surface area contributed by atoms with Crippen molar-refractivity contribution in [3.8, 4) is 0 Å². The lowest BCUT2D eigenvalue weighted by atomic mass is 10.1. The van der Waals surface area contributed by atoms with E-state index in [0.717, 1.165) is 0 Å². The second kappa shape index (κ2) is 17.8. The number of carbonyl (C=O) groups excluding carboxylic acids is 7. The Morgan fingerprint density at radius 2 is 0.974 bits per heavy atom. The second-order valence-electron chi connectivity index (χ2n) is 8.23. The molecule has 0 saturated carbocycles. The van der Waals surface area contributed by atoms with Crippen molar-refractivity contribution in [3.63, 3.8) is 0 Å². The molecule has 17 nitrogen and oxygen atoms in total. The fourth-order valence-electron chi connectivity index (χ4n) is 2.89. The predicted octanol–water partition coefficient (Wildman–Crippen LogP) is -5.40. The van der Waals surface area contributed by atoms with Gasteiger partial charge in [0.15, 0.2) is 0 Å². The number of rotatable bonds is 19. The van der Waals surface area contributed by atoms with Gasteiger partial charge in [-0.25, -0.2) is 4.79 Å². The minimum Gasteiger partial charge on any atom is -0.480 e. The number of hydrogen-bond acceptors (Lipinski definition) is 11. The van der Waals surface area contributed by atoms with Crippen molar-refractivity contribution in [1.82, 2.24) is 21.3 Å². The molecule has 0 saturated heterocycles. The number of primary amides is 3. The van der Waals surface area contributed by atoms with Crippen LogP contribution in [-0.4, -0.2) is 94.1 Å². The van der Waals surface area contributed by atoms with Crippen molar-refractivity contribution < 1.29 is 43.5 Å². The number of carboxylic acids is 1. The monoisotopic (exact) mass is 594 g/mol. The van der Waals surface area contributed by atoms with Gasteiger partial charge in [0.2, 0.25) is 41.4 Å². The van der Waals surface area contributed by atoms with Crippen LogP contribution in [0.2, 0.25) is 0 Å². The van der Waals surface area contributed by atoms with Crippen LogP contribution in [0.25, 0.3) is 0 Å². The molecule has 0 aliphatic rings. The average Bonchev–Trinajstić information content (AvgIpc) is 2.85. The first-order chi connectivity index (χ1) is 18.1. The van der Waals surface area contributed by atoms with Gasteiger partial charge in [0.25, 0.3) is 0 Å². The highest BCUT2D eigenvalue weighted by Crippen LogP contribution is 2.05. The summed E-state index contributed by atoms with van der Waals surface area (Å²) < 4.78 is 0. The molecular formula is C20H34N8O9S2. The number of hydrogen-bond donors (Lipinski definition) is 11. The standard InChI is InChI=1S/C20H34N8O9S2/c21-8(6-38)16(32)25-9(1-3-13(22)29)17(33)27-11(5-15(24)31)19(35)26-10(2-4-14(23)30)18(34)28-12(7-39)20(36)37/h8-12,38-39H,1-7,21H2,(H2,22,29)(H2,23,30)(H2,24,31)(H,25,32)(H,26,35)(H,27,33)(H,28,34)(H,36,37)/t8-,9-,10-,11-,12-/m0/s1. The molecule has 0 spiro atoms. The van der Waals surface area contributed by atoms with Crippen LogP contribution in [0.5, 0.6) is 0 Å². The van der Waals surface area contributed by atoms with E-state index < -0.39 is 90.4 Å². The van der Waals surface area contributed by atoms with Gasteiger partial charge in [-0.05, 0) is 12.8 Å². The van der Waals surface area contributed by atoms with E-state index in [9.17, 15) is 38.4 Å². The number of nitrogens with two attached hydrogens (primary N) is 4. The smallest absolute Gasteiger partial charge is 0.327 e. The molecule has 0 aromatic heterocycles. The molecule has 0 unspecified atom stereocenters. The number of thiol groups is 2. The Kier molecular flexibility index (Phi) is 16.2. The van der Waals surface area contributed by atoms with Crippen molar-refractivity contribution in [2.75, 3.05) is 11.5 Å². The van der Waals surface area contributed by atoms with Crippen LogP contribution < -0.4 is 44.2 Å². The minimum absolute atomic E-state index is 0.0760. The largest absolute Gasteiger partial charge is 0.480 e. The van der Waals surface area contributed by atoms with Crippen LogP contribution >= 0.6 is 25.3 Å². The van der Waals surface area contributed by atoms with Crippen LogP contribution in [0.4, 0.5) is 0 Å². The van der Waals surface area contributed by atoms with Gasteiger partial charge >= 0.3 is 5.97 Å². The summed E-state index contributed by atoms with van der Waals surface area (Å²) >= 11 is 7.71. The van der Waals surface area contributed by atoms with Crippen molar-refractivity contribution in [2.24, 2.45) is 22.9 Å².